The van der Waals surface area contributed by atoms with Crippen LogP contribution in [0.3, 0.4) is 0 Å². The van der Waals surface area contributed by atoms with Crippen molar-refractivity contribution in [2.24, 2.45) is 5.73 Å². The predicted octanol–water partition coefficient (Wildman–Crippen LogP) is 4.92. The molecule has 2 N–H and O–H groups in total. The van der Waals surface area contributed by atoms with Crippen LogP contribution in [0.15, 0.2) is 30.3 Å². The van der Waals surface area contributed by atoms with Gasteiger partial charge in [-0.2, -0.15) is 0 Å². The van der Waals surface area contributed by atoms with E-state index in [9.17, 15) is 4.79 Å². The third-order valence-electron chi connectivity index (χ3n) is 5.65. The predicted molar refractivity (Wildman–Crippen MR) is 113 cm³/mol. The molecule has 3 heterocycles. The van der Waals surface area contributed by atoms with E-state index in [1.165, 1.54) is 12.1 Å². The van der Waals surface area contributed by atoms with Gasteiger partial charge in [0.15, 0.2) is 5.65 Å². The van der Waals surface area contributed by atoms with Crippen molar-refractivity contribution < 1.29 is 9.53 Å². The third kappa shape index (κ3) is 3.30. The number of thiazole rings is 1. The molecule has 4 rings (SSSR count). The number of carbonyl (C=O) groups excluding carboxylic acids is 1. The van der Waals surface area contributed by atoms with Gasteiger partial charge in [0.1, 0.15) is 16.5 Å². The number of hydrogen-bond donors (Lipinski definition) is 1. The van der Waals surface area contributed by atoms with Crippen LogP contribution >= 0.6 is 11.3 Å². The van der Waals surface area contributed by atoms with Crippen LogP contribution in [0.25, 0.3) is 20.9 Å². The van der Waals surface area contributed by atoms with Crippen molar-refractivity contribution in [2.45, 2.75) is 44.1 Å². The topological polar surface area (TPSA) is 70.1 Å². The van der Waals surface area contributed by atoms with E-state index in [1.54, 1.807) is 18.4 Å². The first-order valence-electron chi connectivity index (χ1n) is 9.34. The zero-order valence-corrected chi connectivity index (χ0v) is 17.8. The first kappa shape index (κ1) is 18.2. The maximum Gasteiger partial charge on any atom is 0.265 e. The number of carbonyl (C=O) groups is 1. The monoisotopic (exact) mass is 399 g/mol. The minimum Gasteiger partial charge on any atom is -0.496 e. The number of nitrogens with zero attached hydrogens (tertiary/aromatic N) is 2. The molecule has 1 aliphatic heterocycles. The molecule has 27 heavy (non-hydrogen) atoms. The van der Waals surface area contributed by atoms with Gasteiger partial charge < -0.3 is 15.0 Å². The minimum atomic E-state index is -1.08. The van der Waals surface area contributed by atoms with Crippen molar-refractivity contribution in [3.8, 4) is 16.3 Å². The Kier molecular flexibility index (Phi) is 4.59. The Hall–Kier alpha value is -2.12. The molecular formula is C20H25N3O2SSi. The van der Waals surface area contributed by atoms with E-state index in [2.05, 4.69) is 17.7 Å². The molecule has 0 unspecified atom stereocenters. The van der Waals surface area contributed by atoms with E-state index in [0.29, 0.717) is 11.7 Å². The molecule has 1 fully saturated rings. The van der Waals surface area contributed by atoms with E-state index in [0.717, 1.165) is 39.5 Å². The van der Waals surface area contributed by atoms with Crippen molar-refractivity contribution in [2.75, 3.05) is 7.11 Å². The van der Waals surface area contributed by atoms with Crippen molar-refractivity contribution in [3.05, 3.63) is 36.0 Å². The second kappa shape index (κ2) is 6.80. The highest BCUT2D eigenvalue weighted by molar-refractivity contribution is 7.21. The van der Waals surface area contributed by atoms with Crippen LogP contribution < -0.4 is 10.5 Å². The molecule has 2 aromatic heterocycles. The lowest BCUT2D eigenvalue weighted by Gasteiger charge is -2.34. The van der Waals surface area contributed by atoms with Crippen molar-refractivity contribution in [1.82, 2.24) is 9.55 Å². The lowest BCUT2D eigenvalue weighted by Crippen LogP contribution is -2.33. The van der Waals surface area contributed by atoms with Gasteiger partial charge in [0, 0.05) is 14.1 Å². The third-order valence-corrected chi connectivity index (χ3v) is 9.96. The summed E-state index contributed by atoms with van der Waals surface area (Å²) >= 11 is 1.59. The Labute approximate surface area is 164 Å². The average Bonchev–Trinajstić information content (AvgIpc) is 3.20. The Morgan fingerprint density at radius 1 is 1.30 bits per heavy atom. The van der Waals surface area contributed by atoms with Gasteiger partial charge in [-0.3, -0.25) is 4.79 Å². The molecule has 1 amide bonds. The van der Waals surface area contributed by atoms with Crippen LogP contribution in [0, 0.1) is 0 Å². The van der Waals surface area contributed by atoms with Crippen LogP contribution in [0.4, 0.5) is 0 Å². The highest BCUT2D eigenvalue weighted by Crippen LogP contribution is 2.41. The number of methoxy groups -OCH3 is 1. The first-order valence-corrected chi connectivity index (χ1v) is 13.6. The molecule has 1 aliphatic rings. The average molecular weight is 400 g/mol. The summed E-state index contributed by atoms with van der Waals surface area (Å²) in [6.07, 6.45) is 2.20. The number of rotatable bonds is 4. The number of para-hydroxylation sites is 1. The van der Waals surface area contributed by atoms with E-state index in [-0.39, 0.29) is 5.91 Å². The molecule has 3 aromatic rings. The quantitative estimate of drug-likeness (QED) is 0.633. The van der Waals surface area contributed by atoms with E-state index in [4.69, 9.17) is 15.5 Å². The molecule has 0 aliphatic carbocycles. The summed E-state index contributed by atoms with van der Waals surface area (Å²) in [7, 11) is 0.591. The number of nitrogens with two attached hydrogens (primary N) is 1. The van der Waals surface area contributed by atoms with Gasteiger partial charge in [0.25, 0.3) is 5.91 Å². The Bertz CT molecular complexity index is 998. The number of amides is 1. The van der Waals surface area contributed by atoms with Crippen molar-refractivity contribution in [3.63, 3.8) is 0 Å². The summed E-state index contributed by atoms with van der Waals surface area (Å²) in [5, 5.41) is 0.910. The summed E-state index contributed by atoms with van der Waals surface area (Å²) in [6.45, 7) is 4.90. The molecule has 1 saturated heterocycles. The summed E-state index contributed by atoms with van der Waals surface area (Å²) in [5.41, 5.74) is 8.14. The second-order valence-corrected chi connectivity index (χ2v) is 14.4. The molecular weight excluding hydrogens is 374 g/mol. The zero-order valence-electron chi connectivity index (χ0n) is 16.0. The number of primary amides is 1. The van der Waals surface area contributed by atoms with Crippen LogP contribution in [0.5, 0.6) is 5.75 Å². The minimum absolute atomic E-state index is 0.304. The number of ether oxygens (including phenoxy) is 1. The first-order chi connectivity index (χ1) is 12.9. The molecule has 1 aromatic carbocycles. The summed E-state index contributed by atoms with van der Waals surface area (Å²) in [6, 6.07) is 12.7. The van der Waals surface area contributed by atoms with Gasteiger partial charge in [-0.15, -0.1) is 11.3 Å². The fourth-order valence-electron chi connectivity index (χ4n) is 4.04. The van der Waals surface area contributed by atoms with Gasteiger partial charge in [-0.25, -0.2) is 4.98 Å². The van der Waals surface area contributed by atoms with Crippen LogP contribution in [0.2, 0.25) is 25.2 Å². The number of hydrogen-bond acceptors (Lipinski definition) is 4. The maximum atomic E-state index is 12.1. The second-order valence-electron chi connectivity index (χ2n) is 8.07. The Balaban J connectivity index is 1.81. The van der Waals surface area contributed by atoms with Crippen LogP contribution in [-0.2, 0) is 0 Å². The Morgan fingerprint density at radius 2 is 2.00 bits per heavy atom. The summed E-state index contributed by atoms with van der Waals surface area (Å²) in [4.78, 5) is 17.0. The molecule has 5 nitrogen and oxygen atoms in total. The zero-order chi connectivity index (χ0) is 19.2. The standard InChI is InChI=1S/C20H25N3O2SSi/c1-25-16-7-5-4-6-14(16)20-22-19-17(26-20)12-15(18(21)24)23(19)13-8-10-27(2,3)11-9-13/h4-7,12-13H,8-11H2,1-3H3,(H2,21,24). The number of aromatic nitrogens is 2. The number of benzene rings is 1. The summed E-state index contributed by atoms with van der Waals surface area (Å²) in [5.74, 6) is 0.433. The lowest BCUT2D eigenvalue weighted by molar-refractivity contribution is 0.0989. The van der Waals surface area contributed by atoms with Gasteiger partial charge >= 0.3 is 0 Å². The highest BCUT2D eigenvalue weighted by atomic mass is 32.1. The smallest absolute Gasteiger partial charge is 0.265 e. The van der Waals surface area contributed by atoms with Crippen molar-refractivity contribution >= 4 is 35.7 Å². The SMILES string of the molecule is COc1ccccc1-c1nc2c(cc(C(N)=O)n2C2CC[Si](C)(C)CC2)s1. The summed E-state index contributed by atoms with van der Waals surface area (Å²) < 4.78 is 8.61. The lowest BCUT2D eigenvalue weighted by atomic mass is 10.1. The van der Waals surface area contributed by atoms with E-state index < -0.39 is 8.07 Å². The molecule has 0 atom stereocenters. The molecule has 142 valence electrons. The maximum absolute atomic E-state index is 12.1. The van der Waals surface area contributed by atoms with Gasteiger partial charge in [-0.1, -0.05) is 37.3 Å². The fourth-order valence-corrected chi connectivity index (χ4v) is 7.54. The van der Waals surface area contributed by atoms with E-state index in [1.807, 2.05) is 30.3 Å². The molecule has 0 saturated carbocycles. The molecule has 0 spiro atoms. The van der Waals surface area contributed by atoms with Crippen molar-refractivity contribution in [1.29, 1.82) is 0 Å². The van der Waals surface area contributed by atoms with Crippen LogP contribution in [0.1, 0.15) is 29.4 Å². The highest BCUT2D eigenvalue weighted by Gasteiger charge is 2.32. The number of fused-ring (bicyclic) bond motifs is 1. The Morgan fingerprint density at radius 3 is 2.67 bits per heavy atom. The van der Waals surface area contributed by atoms with Gasteiger partial charge in [-0.05, 0) is 31.0 Å². The largest absolute Gasteiger partial charge is 0.496 e. The van der Waals surface area contributed by atoms with Crippen LogP contribution in [-0.4, -0.2) is 30.6 Å². The molecule has 0 bridgehead atoms. The molecule has 0 radical (unpaired) electrons. The molecule has 7 heteroatoms. The van der Waals surface area contributed by atoms with Gasteiger partial charge in [0.2, 0.25) is 0 Å². The van der Waals surface area contributed by atoms with Gasteiger partial charge in [0.05, 0.1) is 17.4 Å². The van der Waals surface area contributed by atoms with E-state index >= 15 is 0 Å². The normalized spacial score (nSPS) is 17.3. The fraction of sp³-hybridized carbons (Fsp3) is 0.400.